The van der Waals surface area contributed by atoms with Crippen molar-refractivity contribution < 1.29 is 14.8 Å². The maximum atomic E-state index is 10.7. The third-order valence-electron chi connectivity index (χ3n) is 1.71. The summed E-state index contributed by atoms with van der Waals surface area (Å²) in [4.78, 5) is 20.5. The largest absolute Gasteiger partial charge is 0.478 e. The highest BCUT2D eigenvalue weighted by molar-refractivity contribution is 6.18. The molecule has 0 aliphatic carbocycles. The summed E-state index contributed by atoms with van der Waals surface area (Å²) in [6, 6.07) is 3.83. The summed E-state index contributed by atoms with van der Waals surface area (Å²) in [6.07, 6.45) is 0. The van der Waals surface area contributed by atoms with Gasteiger partial charge in [0.25, 0.3) is 5.69 Å². The van der Waals surface area contributed by atoms with E-state index in [0.29, 0.717) is 0 Å². The summed E-state index contributed by atoms with van der Waals surface area (Å²) in [7, 11) is 0. The Morgan fingerprint density at radius 2 is 2.21 bits per heavy atom. The Balaban J connectivity index is 3.39. The van der Waals surface area contributed by atoms with Gasteiger partial charge in [-0.15, -0.1) is 11.6 Å². The molecule has 1 aromatic rings. The summed E-state index contributed by atoms with van der Waals surface area (Å²) in [5.74, 6) is -1.41. The van der Waals surface area contributed by atoms with Crippen LogP contribution in [0.1, 0.15) is 15.9 Å². The number of alkyl halides is 1. The molecule has 0 saturated carbocycles. The summed E-state index contributed by atoms with van der Waals surface area (Å²) in [6.45, 7) is 0. The van der Waals surface area contributed by atoms with Crippen LogP contribution in [0.2, 0.25) is 0 Å². The number of carboxylic acid groups (broad SMARTS) is 1. The van der Waals surface area contributed by atoms with Gasteiger partial charge in [-0.25, -0.2) is 4.79 Å². The molecule has 6 heteroatoms. The second kappa shape index (κ2) is 4.06. The Labute approximate surface area is 84.1 Å². The van der Waals surface area contributed by atoms with E-state index in [1.54, 1.807) is 0 Å². The van der Waals surface area contributed by atoms with Crippen molar-refractivity contribution in [2.75, 3.05) is 0 Å². The van der Waals surface area contributed by atoms with Crippen LogP contribution in [0.25, 0.3) is 0 Å². The van der Waals surface area contributed by atoms with Crippen molar-refractivity contribution in [3.63, 3.8) is 0 Å². The predicted molar refractivity (Wildman–Crippen MR) is 49.6 cm³/mol. The molecule has 1 rings (SSSR count). The highest BCUT2D eigenvalue weighted by atomic mass is 35.5. The van der Waals surface area contributed by atoms with Crippen LogP contribution in [0.4, 0.5) is 5.69 Å². The number of rotatable bonds is 3. The fourth-order valence-electron chi connectivity index (χ4n) is 1.09. The Hall–Kier alpha value is -1.62. The second-order valence-electron chi connectivity index (χ2n) is 2.50. The molecule has 74 valence electrons. The van der Waals surface area contributed by atoms with Gasteiger partial charge in [0, 0.05) is 6.07 Å². The average Bonchev–Trinajstić information content (AvgIpc) is 2.16. The monoisotopic (exact) mass is 215 g/mol. The molecule has 0 amide bonds. The summed E-state index contributed by atoms with van der Waals surface area (Å²) >= 11 is 5.46. The molecule has 14 heavy (non-hydrogen) atoms. The number of nitro benzene ring substituents is 1. The number of aromatic carboxylic acids is 1. The molecular formula is C8H6ClNO4. The van der Waals surface area contributed by atoms with E-state index in [-0.39, 0.29) is 22.7 Å². The zero-order valence-corrected chi connectivity index (χ0v) is 7.69. The lowest BCUT2D eigenvalue weighted by atomic mass is 10.1. The van der Waals surface area contributed by atoms with Gasteiger partial charge in [-0.3, -0.25) is 10.1 Å². The second-order valence-corrected chi connectivity index (χ2v) is 2.77. The minimum absolute atomic E-state index is 0.0340. The minimum atomic E-state index is -1.22. The Kier molecular flexibility index (Phi) is 3.03. The third-order valence-corrected chi connectivity index (χ3v) is 1.98. The Bertz CT molecular complexity index is 359. The van der Waals surface area contributed by atoms with E-state index in [1.807, 2.05) is 0 Å². The first kappa shape index (κ1) is 10.5. The molecule has 0 bridgehead atoms. The van der Waals surface area contributed by atoms with E-state index in [2.05, 4.69) is 0 Å². The van der Waals surface area contributed by atoms with Crippen molar-refractivity contribution >= 4 is 23.3 Å². The van der Waals surface area contributed by atoms with Crippen LogP contribution in [0.5, 0.6) is 0 Å². The van der Waals surface area contributed by atoms with E-state index in [0.717, 1.165) is 0 Å². The molecule has 0 aromatic heterocycles. The van der Waals surface area contributed by atoms with Crippen LogP contribution < -0.4 is 0 Å². The molecule has 0 atom stereocenters. The fraction of sp³-hybridized carbons (Fsp3) is 0.125. The van der Waals surface area contributed by atoms with Crippen molar-refractivity contribution in [2.24, 2.45) is 0 Å². The van der Waals surface area contributed by atoms with Gasteiger partial charge in [-0.05, 0) is 6.07 Å². The highest BCUT2D eigenvalue weighted by Gasteiger charge is 2.19. The smallest absolute Gasteiger partial charge is 0.336 e. The molecule has 0 unspecified atom stereocenters. The number of carbonyl (C=O) groups is 1. The van der Waals surface area contributed by atoms with Crippen molar-refractivity contribution in [1.82, 2.24) is 0 Å². The zero-order chi connectivity index (χ0) is 10.7. The van der Waals surface area contributed by atoms with Crippen molar-refractivity contribution in [3.05, 3.63) is 39.4 Å². The Morgan fingerprint density at radius 3 is 2.64 bits per heavy atom. The van der Waals surface area contributed by atoms with Gasteiger partial charge in [0.05, 0.1) is 21.9 Å². The lowest BCUT2D eigenvalue weighted by Gasteiger charge is -2.02. The molecule has 0 aliphatic heterocycles. The standard InChI is InChI=1S/C8H6ClNO4/c9-4-6-5(8(11)12)2-1-3-7(6)10(13)14/h1-3H,4H2,(H,11,12). The van der Waals surface area contributed by atoms with E-state index in [1.165, 1.54) is 18.2 Å². The van der Waals surface area contributed by atoms with Crippen LogP contribution in [-0.2, 0) is 5.88 Å². The number of nitro groups is 1. The molecule has 1 aromatic carbocycles. The number of hydrogen-bond donors (Lipinski definition) is 1. The van der Waals surface area contributed by atoms with E-state index < -0.39 is 10.9 Å². The lowest BCUT2D eigenvalue weighted by molar-refractivity contribution is -0.385. The zero-order valence-electron chi connectivity index (χ0n) is 6.94. The van der Waals surface area contributed by atoms with Crippen LogP contribution in [-0.4, -0.2) is 16.0 Å². The van der Waals surface area contributed by atoms with Gasteiger partial charge >= 0.3 is 5.97 Å². The maximum absolute atomic E-state index is 10.7. The van der Waals surface area contributed by atoms with Crippen molar-refractivity contribution in [3.8, 4) is 0 Å². The first-order chi connectivity index (χ1) is 6.57. The van der Waals surface area contributed by atoms with Gasteiger partial charge in [0.15, 0.2) is 0 Å². The van der Waals surface area contributed by atoms with Crippen LogP contribution in [0, 0.1) is 10.1 Å². The quantitative estimate of drug-likeness (QED) is 0.475. The van der Waals surface area contributed by atoms with Crippen LogP contribution in [0.3, 0.4) is 0 Å². The van der Waals surface area contributed by atoms with Gasteiger partial charge in [0.2, 0.25) is 0 Å². The molecule has 0 heterocycles. The molecule has 0 spiro atoms. The van der Waals surface area contributed by atoms with Gasteiger partial charge in [0.1, 0.15) is 0 Å². The number of benzene rings is 1. The normalized spacial score (nSPS) is 9.79. The Morgan fingerprint density at radius 1 is 1.57 bits per heavy atom. The summed E-state index contributed by atoms with van der Waals surface area (Å²) < 4.78 is 0. The first-order valence-electron chi connectivity index (χ1n) is 3.63. The van der Waals surface area contributed by atoms with Crippen LogP contribution >= 0.6 is 11.6 Å². The molecular weight excluding hydrogens is 210 g/mol. The van der Waals surface area contributed by atoms with Crippen molar-refractivity contribution in [2.45, 2.75) is 5.88 Å². The summed E-state index contributed by atoms with van der Waals surface area (Å²) in [5, 5.41) is 19.2. The molecule has 5 nitrogen and oxygen atoms in total. The van der Waals surface area contributed by atoms with Gasteiger partial charge in [-0.1, -0.05) is 6.07 Å². The predicted octanol–water partition coefficient (Wildman–Crippen LogP) is 2.03. The van der Waals surface area contributed by atoms with E-state index >= 15 is 0 Å². The highest BCUT2D eigenvalue weighted by Crippen LogP contribution is 2.23. The first-order valence-corrected chi connectivity index (χ1v) is 4.17. The minimum Gasteiger partial charge on any atom is -0.478 e. The van der Waals surface area contributed by atoms with Crippen molar-refractivity contribution in [1.29, 1.82) is 0 Å². The SMILES string of the molecule is O=C(O)c1cccc([N+](=O)[O-])c1CCl. The van der Waals surface area contributed by atoms with Crippen LogP contribution in [0.15, 0.2) is 18.2 Å². The molecule has 1 N–H and O–H groups in total. The number of carboxylic acids is 1. The number of hydrogen-bond acceptors (Lipinski definition) is 3. The molecule has 0 saturated heterocycles. The molecule has 0 fully saturated rings. The van der Waals surface area contributed by atoms with E-state index in [4.69, 9.17) is 16.7 Å². The molecule has 0 aliphatic rings. The number of halogens is 1. The maximum Gasteiger partial charge on any atom is 0.336 e. The van der Waals surface area contributed by atoms with E-state index in [9.17, 15) is 14.9 Å². The fourth-order valence-corrected chi connectivity index (χ4v) is 1.37. The lowest BCUT2D eigenvalue weighted by Crippen LogP contribution is -2.04. The van der Waals surface area contributed by atoms with Gasteiger partial charge in [-0.2, -0.15) is 0 Å². The molecule has 0 radical (unpaired) electrons. The average molecular weight is 216 g/mol. The summed E-state index contributed by atoms with van der Waals surface area (Å²) in [5.41, 5.74) is -0.360. The third kappa shape index (κ3) is 1.82. The van der Waals surface area contributed by atoms with Gasteiger partial charge < -0.3 is 5.11 Å². The number of nitrogens with zero attached hydrogens (tertiary/aromatic N) is 1. The topological polar surface area (TPSA) is 80.4 Å².